The van der Waals surface area contributed by atoms with Crippen molar-refractivity contribution in [3.63, 3.8) is 0 Å². The van der Waals surface area contributed by atoms with Gasteiger partial charge in [-0.1, -0.05) is 59.1 Å². The van der Waals surface area contributed by atoms with Crippen molar-refractivity contribution in [2.24, 2.45) is 0 Å². The van der Waals surface area contributed by atoms with E-state index in [2.05, 4.69) is 0 Å². The van der Waals surface area contributed by atoms with Gasteiger partial charge in [-0.3, -0.25) is 0 Å². The number of benzene rings is 2. The van der Waals surface area contributed by atoms with Crippen LogP contribution in [0.2, 0.25) is 15.1 Å². The summed E-state index contributed by atoms with van der Waals surface area (Å²) in [6.07, 6.45) is -2.60. The van der Waals surface area contributed by atoms with E-state index in [0.717, 1.165) is 0 Å². The molecule has 0 amide bonds. The van der Waals surface area contributed by atoms with E-state index in [9.17, 15) is 8.78 Å². The van der Waals surface area contributed by atoms with Gasteiger partial charge >= 0.3 is 0 Å². The summed E-state index contributed by atoms with van der Waals surface area (Å²) in [4.78, 5) is 0. The molecule has 18 heavy (non-hydrogen) atoms. The Hall–Kier alpha value is -0.830. The van der Waals surface area contributed by atoms with Crippen LogP contribution in [-0.4, -0.2) is 0 Å². The van der Waals surface area contributed by atoms with E-state index in [4.69, 9.17) is 34.8 Å². The molecule has 0 saturated carbocycles. The van der Waals surface area contributed by atoms with Crippen molar-refractivity contribution in [2.75, 3.05) is 0 Å². The fourth-order valence-electron chi connectivity index (χ4n) is 1.60. The van der Waals surface area contributed by atoms with Crippen molar-refractivity contribution >= 4 is 34.8 Å². The summed E-state index contributed by atoms with van der Waals surface area (Å²) in [6.45, 7) is 0. The lowest BCUT2D eigenvalue weighted by molar-refractivity contribution is 0.151. The second kappa shape index (κ2) is 5.43. The predicted octanol–water partition coefficient (Wildman–Crippen LogP) is 6.25. The molecule has 0 spiro atoms. The lowest BCUT2D eigenvalue weighted by Gasteiger charge is -2.09. The smallest absolute Gasteiger partial charge is 0.205 e. The normalized spacial score (nSPS) is 11.0. The maximum absolute atomic E-state index is 12.6. The van der Waals surface area contributed by atoms with Gasteiger partial charge in [0, 0.05) is 11.1 Å². The van der Waals surface area contributed by atoms with Crippen molar-refractivity contribution in [1.29, 1.82) is 0 Å². The van der Waals surface area contributed by atoms with Crippen LogP contribution in [0.15, 0.2) is 36.4 Å². The number of hydrogen-bond acceptors (Lipinski definition) is 0. The van der Waals surface area contributed by atoms with Gasteiger partial charge in [0.25, 0.3) is 6.43 Å². The highest BCUT2D eigenvalue weighted by Gasteiger charge is 2.14. The Bertz CT molecular complexity index is 582. The third-order valence-electron chi connectivity index (χ3n) is 2.50. The minimum atomic E-state index is -2.60. The molecule has 0 N–H and O–H groups in total. The van der Waals surface area contributed by atoms with Gasteiger partial charge in [-0.25, -0.2) is 8.78 Å². The third-order valence-corrected chi connectivity index (χ3v) is 3.64. The largest absolute Gasteiger partial charge is 0.265 e. The molecule has 0 atom stereocenters. The monoisotopic (exact) mass is 306 g/mol. The topological polar surface area (TPSA) is 0 Å². The van der Waals surface area contributed by atoms with Gasteiger partial charge in [0.2, 0.25) is 0 Å². The quantitative estimate of drug-likeness (QED) is 0.615. The van der Waals surface area contributed by atoms with E-state index in [1.165, 1.54) is 12.1 Å². The maximum Gasteiger partial charge on any atom is 0.265 e. The fraction of sp³-hybridized carbons (Fsp3) is 0.0769. The lowest BCUT2D eigenvalue weighted by atomic mass is 10.0. The van der Waals surface area contributed by atoms with Gasteiger partial charge in [0.1, 0.15) is 0 Å². The van der Waals surface area contributed by atoms with E-state index < -0.39 is 6.43 Å². The first-order valence-corrected chi connectivity index (χ1v) is 6.16. The molecule has 2 aromatic rings. The lowest BCUT2D eigenvalue weighted by Crippen LogP contribution is -1.88. The number of rotatable bonds is 2. The molecule has 0 saturated heterocycles. The van der Waals surface area contributed by atoms with Crippen LogP contribution < -0.4 is 0 Å². The maximum atomic E-state index is 12.6. The highest BCUT2D eigenvalue weighted by atomic mass is 35.5. The Morgan fingerprint density at radius 1 is 0.889 bits per heavy atom. The molecule has 0 bridgehead atoms. The summed E-state index contributed by atoms with van der Waals surface area (Å²) < 4.78 is 25.1. The van der Waals surface area contributed by atoms with Crippen molar-refractivity contribution in [1.82, 2.24) is 0 Å². The Labute approximate surface area is 118 Å². The zero-order valence-electron chi connectivity index (χ0n) is 8.93. The van der Waals surface area contributed by atoms with Crippen molar-refractivity contribution < 1.29 is 8.78 Å². The van der Waals surface area contributed by atoms with Crippen LogP contribution in [0, 0.1) is 0 Å². The van der Waals surface area contributed by atoms with E-state index in [0.29, 0.717) is 21.2 Å². The van der Waals surface area contributed by atoms with Gasteiger partial charge < -0.3 is 0 Å². The summed E-state index contributed by atoms with van der Waals surface area (Å²) in [5.41, 5.74) is 1.11. The zero-order valence-corrected chi connectivity index (χ0v) is 11.2. The molecule has 0 unspecified atom stereocenters. The Kier molecular flexibility index (Phi) is 4.10. The van der Waals surface area contributed by atoms with Gasteiger partial charge in [0.15, 0.2) is 0 Å². The summed E-state index contributed by atoms with van der Waals surface area (Å²) in [6, 6.07) is 9.44. The van der Waals surface area contributed by atoms with Crippen LogP contribution in [-0.2, 0) is 0 Å². The minimum Gasteiger partial charge on any atom is -0.205 e. The fourth-order valence-corrected chi connectivity index (χ4v) is 2.27. The number of hydrogen-bond donors (Lipinski definition) is 0. The van der Waals surface area contributed by atoms with Crippen molar-refractivity contribution in [3.8, 4) is 11.1 Å². The summed E-state index contributed by atoms with van der Waals surface area (Å²) >= 11 is 17.8. The Balaban J connectivity index is 2.52. The van der Waals surface area contributed by atoms with Crippen LogP contribution in [0.4, 0.5) is 8.78 Å². The molecule has 0 fully saturated rings. The van der Waals surface area contributed by atoms with E-state index in [1.54, 1.807) is 24.3 Å². The Morgan fingerprint density at radius 2 is 1.61 bits per heavy atom. The first-order valence-electron chi connectivity index (χ1n) is 5.02. The highest BCUT2D eigenvalue weighted by molar-refractivity contribution is 6.43. The SMILES string of the molecule is FC(F)c1ccc(-c2cccc(Cl)c2Cl)cc1Cl. The van der Waals surface area contributed by atoms with E-state index in [-0.39, 0.29) is 10.6 Å². The first kappa shape index (κ1) is 13.6. The predicted molar refractivity (Wildman–Crippen MR) is 71.9 cm³/mol. The van der Waals surface area contributed by atoms with Crippen LogP contribution in [0.3, 0.4) is 0 Å². The zero-order chi connectivity index (χ0) is 13.3. The van der Waals surface area contributed by atoms with Gasteiger partial charge in [-0.15, -0.1) is 0 Å². The standard InChI is InChI=1S/C13H7Cl3F2/c14-10-3-1-2-8(12(10)16)7-4-5-9(13(17)18)11(15)6-7/h1-6,13H. The van der Waals surface area contributed by atoms with Gasteiger partial charge in [-0.05, 0) is 17.7 Å². The molecular formula is C13H7Cl3F2. The average Bonchev–Trinajstić information content (AvgIpc) is 2.32. The molecule has 0 nitrogen and oxygen atoms in total. The van der Waals surface area contributed by atoms with Crippen LogP contribution in [0.1, 0.15) is 12.0 Å². The van der Waals surface area contributed by atoms with Crippen molar-refractivity contribution in [2.45, 2.75) is 6.43 Å². The molecule has 94 valence electrons. The summed E-state index contributed by atoms with van der Waals surface area (Å²) in [7, 11) is 0. The van der Waals surface area contributed by atoms with Crippen LogP contribution in [0.25, 0.3) is 11.1 Å². The van der Waals surface area contributed by atoms with Gasteiger partial charge in [-0.2, -0.15) is 0 Å². The van der Waals surface area contributed by atoms with Crippen LogP contribution in [0.5, 0.6) is 0 Å². The molecule has 2 rings (SSSR count). The van der Waals surface area contributed by atoms with Crippen molar-refractivity contribution in [3.05, 3.63) is 57.0 Å². The molecule has 5 heteroatoms. The molecule has 0 heterocycles. The minimum absolute atomic E-state index is 0.0125. The summed E-state index contributed by atoms with van der Waals surface area (Å²) in [5.74, 6) is 0. The van der Waals surface area contributed by atoms with E-state index >= 15 is 0 Å². The highest BCUT2D eigenvalue weighted by Crippen LogP contribution is 2.36. The first-order chi connectivity index (χ1) is 8.50. The molecule has 0 aromatic heterocycles. The molecule has 0 radical (unpaired) electrons. The molecule has 0 aliphatic rings. The second-order valence-electron chi connectivity index (χ2n) is 3.64. The molecule has 0 aliphatic heterocycles. The number of alkyl halides is 2. The summed E-state index contributed by atoms with van der Waals surface area (Å²) in [5, 5.41) is 0.793. The van der Waals surface area contributed by atoms with Gasteiger partial charge in [0.05, 0.1) is 15.1 Å². The average molecular weight is 308 g/mol. The molecular weight excluding hydrogens is 300 g/mol. The van der Waals surface area contributed by atoms with E-state index in [1.807, 2.05) is 0 Å². The number of halogens is 5. The Morgan fingerprint density at radius 3 is 2.22 bits per heavy atom. The molecule has 2 aromatic carbocycles. The third kappa shape index (κ3) is 2.61. The molecule has 0 aliphatic carbocycles. The second-order valence-corrected chi connectivity index (χ2v) is 4.83. The van der Waals surface area contributed by atoms with Crippen LogP contribution >= 0.6 is 34.8 Å².